The van der Waals surface area contributed by atoms with Crippen LogP contribution in [0.5, 0.6) is 0 Å². The fourth-order valence-corrected chi connectivity index (χ4v) is 4.68. The third-order valence-electron chi connectivity index (χ3n) is 5.59. The molecule has 0 radical (unpaired) electrons. The number of hydrogen-bond donors (Lipinski definition) is 3. The molecule has 1 amide bonds. The van der Waals surface area contributed by atoms with Gasteiger partial charge in [0, 0.05) is 17.7 Å². The SMILES string of the molecule is Cc1sc2nc(CCC(=O)NC3(C(=O)O)CCC(C)CC3)[nH]c(=O)c2c1C. The molecule has 146 valence electrons. The highest BCUT2D eigenvalue weighted by atomic mass is 32.1. The minimum Gasteiger partial charge on any atom is -0.480 e. The summed E-state index contributed by atoms with van der Waals surface area (Å²) in [6, 6.07) is 0. The predicted molar refractivity (Wildman–Crippen MR) is 104 cm³/mol. The van der Waals surface area contributed by atoms with Crippen molar-refractivity contribution in [3.05, 3.63) is 26.6 Å². The number of aryl methyl sites for hydroxylation is 3. The summed E-state index contributed by atoms with van der Waals surface area (Å²) in [6.07, 6.45) is 2.82. The minimum atomic E-state index is -1.17. The van der Waals surface area contributed by atoms with E-state index >= 15 is 0 Å². The summed E-state index contributed by atoms with van der Waals surface area (Å²) < 4.78 is 0. The van der Waals surface area contributed by atoms with Crippen molar-refractivity contribution in [2.75, 3.05) is 0 Å². The van der Waals surface area contributed by atoms with Gasteiger partial charge in [0.05, 0.1) is 5.39 Å². The number of rotatable bonds is 5. The van der Waals surface area contributed by atoms with Gasteiger partial charge in [-0.1, -0.05) is 6.92 Å². The summed E-state index contributed by atoms with van der Waals surface area (Å²) in [5.41, 5.74) is -0.431. The minimum absolute atomic E-state index is 0.0857. The van der Waals surface area contributed by atoms with Gasteiger partial charge in [-0.3, -0.25) is 9.59 Å². The molecule has 3 N–H and O–H groups in total. The first-order valence-electron chi connectivity index (χ1n) is 9.25. The van der Waals surface area contributed by atoms with E-state index in [1.54, 1.807) is 0 Å². The van der Waals surface area contributed by atoms with Gasteiger partial charge in [0.15, 0.2) is 0 Å². The first-order chi connectivity index (χ1) is 12.7. The standard InChI is InChI=1S/C19H25N3O4S/c1-10-6-8-19(9-7-10,18(25)26)22-14(23)5-4-13-20-16(24)15-11(2)12(3)27-17(15)21-13/h10H,4-9H2,1-3H3,(H,22,23)(H,25,26)(H,20,21,24). The van der Waals surface area contributed by atoms with Crippen molar-refractivity contribution in [1.82, 2.24) is 15.3 Å². The van der Waals surface area contributed by atoms with Crippen LogP contribution in [0.15, 0.2) is 4.79 Å². The third kappa shape index (κ3) is 3.90. The number of aromatic amines is 1. The van der Waals surface area contributed by atoms with E-state index in [9.17, 15) is 19.5 Å². The molecular formula is C19H25N3O4S. The zero-order chi connectivity index (χ0) is 19.8. The van der Waals surface area contributed by atoms with E-state index in [1.165, 1.54) is 11.3 Å². The van der Waals surface area contributed by atoms with Gasteiger partial charge in [-0.2, -0.15) is 0 Å². The predicted octanol–water partition coefficient (Wildman–Crippen LogP) is 2.68. The number of carboxylic acids is 1. The Balaban J connectivity index is 1.69. The van der Waals surface area contributed by atoms with Crippen LogP contribution in [0.25, 0.3) is 10.2 Å². The van der Waals surface area contributed by atoms with Crippen LogP contribution in [0.2, 0.25) is 0 Å². The summed E-state index contributed by atoms with van der Waals surface area (Å²) >= 11 is 1.46. The van der Waals surface area contributed by atoms with E-state index in [0.29, 0.717) is 34.8 Å². The molecule has 1 saturated carbocycles. The maximum Gasteiger partial charge on any atom is 0.329 e. The number of carbonyl (C=O) groups is 2. The molecule has 1 fully saturated rings. The Kier molecular flexibility index (Phi) is 5.37. The Morgan fingerprint density at radius 2 is 2.00 bits per heavy atom. The number of fused-ring (bicyclic) bond motifs is 1. The molecule has 0 bridgehead atoms. The van der Waals surface area contributed by atoms with Gasteiger partial charge in [-0.15, -0.1) is 11.3 Å². The average Bonchev–Trinajstić information content (AvgIpc) is 2.89. The lowest BCUT2D eigenvalue weighted by molar-refractivity contribution is -0.149. The molecule has 2 heterocycles. The van der Waals surface area contributed by atoms with Crippen molar-refractivity contribution in [3.8, 4) is 0 Å². The Morgan fingerprint density at radius 3 is 2.63 bits per heavy atom. The van der Waals surface area contributed by atoms with Crippen LogP contribution < -0.4 is 10.9 Å². The van der Waals surface area contributed by atoms with Crippen LogP contribution in [0.4, 0.5) is 0 Å². The lowest BCUT2D eigenvalue weighted by Gasteiger charge is -2.36. The number of H-pyrrole nitrogens is 1. The number of thiophene rings is 1. The fraction of sp³-hybridized carbons (Fsp3) is 0.579. The number of amides is 1. The van der Waals surface area contributed by atoms with Crippen molar-refractivity contribution >= 4 is 33.4 Å². The second-order valence-corrected chi connectivity index (χ2v) is 8.80. The Morgan fingerprint density at radius 1 is 1.33 bits per heavy atom. The Bertz CT molecular complexity index is 938. The molecule has 0 aromatic carbocycles. The molecule has 0 aliphatic heterocycles. The summed E-state index contributed by atoms with van der Waals surface area (Å²) in [4.78, 5) is 45.4. The van der Waals surface area contributed by atoms with Crippen LogP contribution in [0.3, 0.4) is 0 Å². The zero-order valence-corrected chi connectivity index (χ0v) is 16.7. The van der Waals surface area contributed by atoms with Crippen molar-refractivity contribution in [2.45, 2.75) is 64.8 Å². The molecule has 1 aliphatic carbocycles. The topological polar surface area (TPSA) is 112 Å². The van der Waals surface area contributed by atoms with E-state index in [1.807, 2.05) is 13.8 Å². The van der Waals surface area contributed by atoms with Crippen molar-refractivity contribution in [1.29, 1.82) is 0 Å². The number of carboxylic acid groups (broad SMARTS) is 1. The highest BCUT2D eigenvalue weighted by Crippen LogP contribution is 2.32. The molecule has 0 spiro atoms. The average molecular weight is 391 g/mol. The fourth-order valence-electron chi connectivity index (χ4n) is 3.63. The third-order valence-corrected chi connectivity index (χ3v) is 6.69. The molecule has 3 rings (SSSR count). The number of nitrogens with zero attached hydrogens (tertiary/aromatic N) is 1. The second-order valence-electron chi connectivity index (χ2n) is 7.59. The maximum atomic E-state index is 12.4. The summed E-state index contributed by atoms with van der Waals surface area (Å²) in [5, 5.41) is 13.0. The van der Waals surface area contributed by atoms with Crippen LogP contribution in [-0.4, -0.2) is 32.5 Å². The Hall–Kier alpha value is -2.22. The van der Waals surface area contributed by atoms with Crippen molar-refractivity contribution < 1.29 is 14.7 Å². The maximum absolute atomic E-state index is 12.4. The van der Waals surface area contributed by atoms with Gasteiger partial charge in [0.1, 0.15) is 16.2 Å². The summed E-state index contributed by atoms with van der Waals surface area (Å²) in [5.74, 6) is -0.368. The largest absolute Gasteiger partial charge is 0.480 e. The van der Waals surface area contributed by atoms with Gasteiger partial charge in [0.2, 0.25) is 5.91 Å². The van der Waals surface area contributed by atoms with E-state index in [0.717, 1.165) is 23.3 Å². The molecule has 8 heteroatoms. The van der Waals surface area contributed by atoms with Gasteiger partial charge < -0.3 is 15.4 Å². The zero-order valence-electron chi connectivity index (χ0n) is 15.8. The highest BCUT2D eigenvalue weighted by Gasteiger charge is 2.42. The van der Waals surface area contributed by atoms with Crippen LogP contribution in [0, 0.1) is 19.8 Å². The monoisotopic (exact) mass is 391 g/mol. The van der Waals surface area contributed by atoms with Gasteiger partial charge in [0.25, 0.3) is 5.56 Å². The molecule has 0 unspecified atom stereocenters. The molecule has 27 heavy (non-hydrogen) atoms. The van der Waals surface area contributed by atoms with Crippen LogP contribution in [-0.2, 0) is 16.0 Å². The molecule has 7 nitrogen and oxygen atoms in total. The van der Waals surface area contributed by atoms with E-state index < -0.39 is 11.5 Å². The first kappa shape index (κ1) is 19.5. The van der Waals surface area contributed by atoms with Crippen LogP contribution >= 0.6 is 11.3 Å². The van der Waals surface area contributed by atoms with Crippen LogP contribution in [0.1, 0.15) is 55.3 Å². The number of hydrogen-bond acceptors (Lipinski definition) is 5. The van der Waals surface area contributed by atoms with E-state index in [-0.39, 0.29) is 24.3 Å². The lowest BCUT2D eigenvalue weighted by atomic mass is 9.77. The summed E-state index contributed by atoms with van der Waals surface area (Å²) in [6.45, 7) is 5.94. The molecule has 2 aromatic rings. The Labute approximate surface area is 161 Å². The van der Waals surface area contributed by atoms with Gasteiger partial charge in [-0.25, -0.2) is 9.78 Å². The smallest absolute Gasteiger partial charge is 0.329 e. The summed E-state index contributed by atoms with van der Waals surface area (Å²) in [7, 11) is 0. The molecular weight excluding hydrogens is 366 g/mol. The van der Waals surface area contributed by atoms with E-state index in [4.69, 9.17) is 0 Å². The molecule has 2 aromatic heterocycles. The number of nitrogens with one attached hydrogen (secondary N) is 2. The highest BCUT2D eigenvalue weighted by molar-refractivity contribution is 7.18. The molecule has 1 aliphatic rings. The molecule has 0 saturated heterocycles. The molecule has 0 atom stereocenters. The van der Waals surface area contributed by atoms with Gasteiger partial charge >= 0.3 is 5.97 Å². The first-order valence-corrected chi connectivity index (χ1v) is 10.1. The normalized spacial score (nSPS) is 22.7. The van der Waals surface area contributed by atoms with Crippen molar-refractivity contribution in [2.24, 2.45) is 5.92 Å². The van der Waals surface area contributed by atoms with Gasteiger partial charge in [-0.05, 0) is 51.0 Å². The number of aromatic nitrogens is 2. The number of carbonyl (C=O) groups excluding carboxylic acids is 1. The lowest BCUT2D eigenvalue weighted by Crippen LogP contribution is -2.56. The second kappa shape index (κ2) is 7.42. The quantitative estimate of drug-likeness (QED) is 0.725. The number of aliphatic carboxylic acids is 1. The van der Waals surface area contributed by atoms with E-state index in [2.05, 4.69) is 22.2 Å². The van der Waals surface area contributed by atoms with Crippen molar-refractivity contribution in [3.63, 3.8) is 0 Å².